The van der Waals surface area contributed by atoms with Gasteiger partial charge in [-0.1, -0.05) is 22.0 Å². The van der Waals surface area contributed by atoms with Crippen molar-refractivity contribution in [1.82, 2.24) is 14.8 Å². The molecule has 128 valence electrons. The summed E-state index contributed by atoms with van der Waals surface area (Å²) in [6, 6.07) is 7.36. The number of fused-ring (bicyclic) bond motifs is 1. The number of nitro groups is 1. The van der Waals surface area contributed by atoms with Gasteiger partial charge in [0, 0.05) is 22.5 Å². The maximum atomic E-state index is 12.2. The number of halogens is 1. The zero-order valence-corrected chi connectivity index (χ0v) is 14.9. The minimum absolute atomic E-state index is 0.0523. The third-order valence-electron chi connectivity index (χ3n) is 3.82. The summed E-state index contributed by atoms with van der Waals surface area (Å²) in [6.45, 7) is 1.86. The summed E-state index contributed by atoms with van der Waals surface area (Å²) >= 11 is 3.46. The topological polar surface area (TPSA) is 103 Å². The average molecular weight is 404 g/mol. The summed E-state index contributed by atoms with van der Waals surface area (Å²) in [4.78, 5) is 26.9. The lowest BCUT2D eigenvalue weighted by atomic mass is 10.2. The molecule has 2 aromatic heterocycles. The van der Waals surface area contributed by atoms with Gasteiger partial charge in [-0.05, 0) is 25.1 Å². The smallest absolute Gasteiger partial charge is 0.309 e. The van der Waals surface area contributed by atoms with Crippen LogP contribution in [-0.4, -0.2) is 25.6 Å². The number of pyridine rings is 1. The van der Waals surface area contributed by atoms with Crippen LogP contribution < -0.4 is 5.32 Å². The molecule has 25 heavy (non-hydrogen) atoms. The quantitative estimate of drug-likeness (QED) is 0.518. The Hall–Kier alpha value is -2.81. The highest BCUT2D eigenvalue weighted by atomic mass is 79.9. The molecule has 3 aromatic rings. The van der Waals surface area contributed by atoms with Gasteiger partial charge in [0.05, 0.1) is 22.7 Å². The van der Waals surface area contributed by atoms with Crippen LogP contribution in [0.25, 0.3) is 10.9 Å². The maximum Gasteiger partial charge on any atom is 0.309 e. The van der Waals surface area contributed by atoms with E-state index in [1.807, 2.05) is 18.2 Å². The summed E-state index contributed by atoms with van der Waals surface area (Å²) in [7, 11) is 0. The largest absolute Gasteiger partial charge is 0.324 e. The zero-order chi connectivity index (χ0) is 18.0. The summed E-state index contributed by atoms with van der Waals surface area (Å²) in [5.41, 5.74) is 1.68. The van der Waals surface area contributed by atoms with E-state index in [1.165, 1.54) is 10.9 Å². The second-order valence-electron chi connectivity index (χ2n) is 5.39. The van der Waals surface area contributed by atoms with E-state index in [4.69, 9.17) is 0 Å². The van der Waals surface area contributed by atoms with Crippen molar-refractivity contribution in [3.63, 3.8) is 0 Å². The Morgan fingerprint density at radius 1 is 1.40 bits per heavy atom. The Labute approximate surface area is 151 Å². The SMILES string of the molecule is Cc1c([N+](=O)[O-])cnn1CCC(=O)Nc1ccc(Br)c2cccnc12. The van der Waals surface area contributed by atoms with E-state index in [0.29, 0.717) is 16.9 Å². The van der Waals surface area contributed by atoms with Gasteiger partial charge in [-0.3, -0.25) is 24.6 Å². The molecule has 0 radical (unpaired) electrons. The number of carbonyl (C=O) groups excluding carboxylic acids is 1. The fourth-order valence-corrected chi connectivity index (χ4v) is 2.95. The minimum atomic E-state index is -0.488. The third-order valence-corrected chi connectivity index (χ3v) is 4.51. The standard InChI is InChI=1S/C16H14BrN5O3/c1-10-14(22(24)25)9-19-21(10)8-6-15(23)20-13-5-4-12(17)11-3-2-7-18-16(11)13/h2-5,7,9H,6,8H2,1H3,(H,20,23). The summed E-state index contributed by atoms with van der Waals surface area (Å²) in [5.74, 6) is -0.216. The van der Waals surface area contributed by atoms with Crippen LogP contribution in [0.4, 0.5) is 11.4 Å². The number of carbonyl (C=O) groups is 1. The van der Waals surface area contributed by atoms with Gasteiger partial charge < -0.3 is 5.32 Å². The summed E-state index contributed by atoms with van der Waals surface area (Å²) in [6.07, 6.45) is 3.00. The minimum Gasteiger partial charge on any atom is -0.324 e. The molecule has 9 heteroatoms. The van der Waals surface area contributed by atoms with Crippen LogP contribution in [0, 0.1) is 17.0 Å². The van der Waals surface area contributed by atoms with Gasteiger partial charge in [0.25, 0.3) is 0 Å². The predicted molar refractivity (Wildman–Crippen MR) is 96.3 cm³/mol. The second kappa shape index (κ2) is 6.98. The molecule has 0 aliphatic carbocycles. The van der Waals surface area contributed by atoms with E-state index in [2.05, 4.69) is 31.3 Å². The molecule has 0 bridgehead atoms. The first-order valence-corrected chi connectivity index (χ1v) is 8.26. The van der Waals surface area contributed by atoms with Crippen molar-refractivity contribution in [2.24, 2.45) is 0 Å². The van der Waals surface area contributed by atoms with Crippen LogP contribution in [0.5, 0.6) is 0 Å². The molecule has 0 unspecified atom stereocenters. The number of benzene rings is 1. The number of nitrogens with zero attached hydrogens (tertiary/aromatic N) is 4. The molecule has 0 fully saturated rings. The van der Waals surface area contributed by atoms with Crippen molar-refractivity contribution < 1.29 is 9.72 Å². The lowest BCUT2D eigenvalue weighted by Crippen LogP contribution is -2.16. The van der Waals surface area contributed by atoms with Gasteiger partial charge in [-0.2, -0.15) is 5.10 Å². The van der Waals surface area contributed by atoms with E-state index < -0.39 is 4.92 Å². The Bertz CT molecular complexity index is 970. The van der Waals surface area contributed by atoms with Crippen molar-refractivity contribution in [2.45, 2.75) is 19.9 Å². The monoisotopic (exact) mass is 403 g/mol. The summed E-state index contributed by atoms with van der Waals surface area (Å²) in [5, 5.41) is 18.5. The highest BCUT2D eigenvalue weighted by Gasteiger charge is 2.17. The lowest BCUT2D eigenvalue weighted by molar-refractivity contribution is -0.385. The van der Waals surface area contributed by atoms with Crippen LogP contribution in [0.3, 0.4) is 0 Å². The van der Waals surface area contributed by atoms with Gasteiger partial charge >= 0.3 is 5.69 Å². The van der Waals surface area contributed by atoms with Crippen LogP contribution in [0.2, 0.25) is 0 Å². The molecule has 0 spiro atoms. The Kier molecular flexibility index (Phi) is 4.75. The first kappa shape index (κ1) is 17.0. The van der Waals surface area contributed by atoms with Crippen molar-refractivity contribution in [1.29, 1.82) is 0 Å². The molecule has 0 aliphatic heterocycles. The van der Waals surface area contributed by atoms with Crippen LogP contribution in [0.15, 0.2) is 41.1 Å². The Morgan fingerprint density at radius 3 is 2.92 bits per heavy atom. The first-order chi connectivity index (χ1) is 12.0. The van der Waals surface area contributed by atoms with Gasteiger partial charge in [0.15, 0.2) is 0 Å². The lowest BCUT2D eigenvalue weighted by Gasteiger charge is -2.09. The second-order valence-corrected chi connectivity index (χ2v) is 6.24. The molecule has 3 rings (SSSR count). The Balaban J connectivity index is 1.72. The van der Waals surface area contributed by atoms with Crippen molar-refractivity contribution in [2.75, 3.05) is 5.32 Å². The van der Waals surface area contributed by atoms with Gasteiger partial charge in [0.2, 0.25) is 5.91 Å². The van der Waals surface area contributed by atoms with Crippen molar-refractivity contribution >= 4 is 44.1 Å². The number of nitrogens with one attached hydrogen (secondary N) is 1. The zero-order valence-electron chi connectivity index (χ0n) is 13.3. The summed E-state index contributed by atoms with van der Waals surface area (Å²) < 4.78 is 2.35. The average Bonchev–Trinajstić information content (AvgIpc) is 2.97. The fraction of sp³-hybridized carbons (Fsp3) is 0.188. The molecule has 0 aliphatic rings. The van der Waals surface area contributed by atoms with Crippen molar-refractivity contribution in [3.8, 4) is 0 Å². The molecule has 2 heterocycles. The van der Waals surface area contributed by atoms with Gasteiger partial charge in [-0.25, -0.2) is 0 Å². The number of aryl methyl sites for hydroxylation is 1. The van der Waals surface area contributed by atoms with E-state index in [0.717, 1.165) is 9.86 Å². The molecule has 0 atom stereocenters. The van der Waals surface area contributed by atoms with E-state index in [1.54, 1.807) is 19.2 Å². The third kappa shape index (κ3) is 3.50. The van der Waals surface area contributed by atoms with E-state index >= 15 is 0 Å². The number of rotatable bonds is 5. The highest BCUT2D eigenvalue weighted by Crippen LogP contribution is 2.28. The van der Waals surface area contributed by atoms with Gasteiger partial charge in [-0.15, -0.1) is 0 Å². The molecule has 1 amide bonds. The van der Waals surface area contributed by atoms with Crippen LogP contribution >= 0.6 is 15.9 Å². The van der Waals surface area contributed by atoms with E-state index in [-0.39, 0.29) is 24.6 Å². The number of hydrogen-bond donors (Lipinski definition) is 1. The molecule has 8 nitrogen and oxygen atoms in total. The molecular formula is C16H14BrN5O3. The van der Waals surface area contributed by atoms with E-state index in [9.17, 15) is 14.9 Å². The normalized spacial score (nSPS) is 10.8. The first-order valence-electron chi connectivity index (χ1n) is 7.47. The predicted octanol–water partition coefficient (Wildman–Crippen LogP) is 3.44. The molecule has 0 saturated heterocycles. The number of aromatic nitrogens is 3. The molecule has 0 saturated carbocycles. The number of anilines is 1. The van der Waals surface area contributed by atoms with Crippen LogP contribution in [-0.2, 0) is 11.3 Å². The highest BCUT2D eigenvalue weighted by molar-refractivity contribution is 9.10. The number of hydrogen-bond acceptors (Lipinski definition) is 5. The van der Waals surface area contributed by atoms with Crippen LogP contribution in [0.1, 0.15) is 12.1 Å². The molecule has 1 N–H and O–H groups in total. The molecular weight excluding hydrogens is 390 g/mol. The Morgan fingerprint density at radius 2 is 2.20 bits per heavy atom. The number of amides is 1. The maximum absolute atomic E-state index is 12.2. The molecule has 1 aromatic carbocycles. The van der Waals surface area contributed by atoms with Crippen molar-refractivity contribution in [3.05, 3.63) is 56.9 Å². The fourth-order valence-electron chi connectivity index (χ4n) is 2.50. The van der Waals surface area contributed by atoms with Gasteiger partial charge in [0.1, 0.15) is 11.9 Å².